The molecule has 0 aromatic heterocycles. The quantitative estimate of drug-likeness (QED) is 0.731. The van der Waals surface area contributed by atoms with Crippen LogP contribution in [-0.4, -0.2) is 11.7 Å². The molecule has 6 atom stereocenters. The zero-order valence-electron chi connectivity index (χ0n) is 12.6. The number of aliphatic hydroxyl groups is 1. The lowest BCUT2D eigenvalue weighted by Crippen LogP contribution is -2.34. The Labute approximate surface area is 118 Å². The zero-order chi connectivity index (χ0) is 13.4. The van der Waals surface area contributed by atoms with Gasteiger partial charge in [-0.25, -0.2) is 0 Å². The van der Waals surface area contributed by atoms with E-state index >= 15 is 0 Å². The minimum atomic E-state index is 0.406. The van der Waals surface area contributed by atoms with Gasteiger partial charge < -0.3 is 5.11 Å². The second-order valence-corrected chi connectivity index (χ2v) is 7.49. The van der Waals surface area contributed by atoms with Gasteiger partial charge in [-0.1, -0.05) is 44.8 Å². The highest BCUT2D eigenvalue weighted by Crippen LogP contribution is 2.53. The van der Waals surface area contributed by atoms with Crippen LogP contribution in [-0.2, 0) is 0 Å². The maximum absolute atomic E-state index is 9.71. The summed E-state index contributed by atoms with van der Waals surface area (Å²) in [4.78, 5) is 0. The van der Waals surface area contributed by atoms with Gasteiger partial charge in [0, 0.05) is 6.61 Å². The van der Waals surface area contributed by atoms with E-state index in [4.69, 9.17) is 0 Å². The second kappa shape index (κ2) is 5.60. The number of hydrogen-bond donors (Lipinski definition) is 1. The summed E-state index contributed by atoms with van der Waals surface area (Å²) in [5.74, 6) is 4.81. The molecule has 108 valence electrons. The summed E-state index contributed by atoms with van der Waals surface area (Å²) in [6.07, 6.45) is 12.0. The molecule has 0 aromatic rings. The van der Waals surface area contributed by atoms with Crippen molar-refractivity contribution in [2.75, 3.05) is 6.61 Å². The van der Waals surface area contributed by atoms with Crippen molar-refractivity contribution >= 4 is 0 Å². The van der Waals surface area contributed by atoms with E-state index < -0.39 is 0 Å². The van der Waals surface area contributed by atoms with Crippen molar-refractivity contribution in [3.05, 3.63) is 11.6 Å². The Kier molecular flexibility index (Phi) is 4.03. The summed E-state index contributed by atoms with van der Waals surface area (Å²) in [6, 6.07) is 0. The average Bonchev–Trinajstić information content (AvgIpc) is 2.89. The first kappa shape index (κ1) is 13.7. The lowest BCUT2D eigenvalue weighted by molar-refractivity contribution is 0.111. The minimum Gasteiger partial charge on any atom is -0.396 e. The highest BCUT2D eigenvalue weighted by atomic mass is 16.3. The van der Waals surface area contributed by atoms with Crippen LogP contribution < -0.4 is 0 Å². The Balaban J connectivity index is 1.80. The lowest BCUT2D eigenvalue weighted by Gasteiger charge is -2.42. The van der Waals surface area contributed by atoms with Crippen LogP contribution in [0.2, 0.25) is 0 Å². The van der Waals surface area contributed by atoms with Gasteiger partial charge in [-0.2, -0.15) is 0 Å². The van der Waals surface area contributed by atoms with E-state index in [0.29, 0.717) is 18.4 Å². The smallest absolute Gasteiger partial charge is 0.0465 e. The van der Waals surface area contributed by atoms with Crippen LogP contribution in [0, 0.1) is 35.5 Å². The minimum absolute atomic E-state index is 0.406. The molecule has 0 heterocycles. The van der Waals surface area contributed by atoms with E-state index in [1.54, 1.807) is 5.57 Å². The molecule has 19 heavy (non-hydrogen) atoms. The predicted octanol–water partition coefficient (Wildman–Crippen LogP) is 4.41. The van der Waals surface area contributed by atoms with Gasteiger partial charge >= 0.3 is 0 Å². The highest BCUT2D eigenvalue weighted by Gasteiger charge is 2.43. The van der Waals surface area contributed by atoms with Crippen LogP contribution in [0.15, 0.2) is 11.6 Å². The summed E-state index contributed by atoms with van der Waals surface area (Å²) in [6.45, 7) is 5.34. The maximum Gasteiger partial charge on any atom is 0.0465 e. The van der Waals surface area contributed by atoms with Crippen molar-refractivity contribution in [1.29, 1.82) is 0 Å². The molecule has 6 unspecified atom stereocenters. The van der Waals surface area contributed by atoms with Crippen LogP contribution in [0.4, 0.5) is 0 Å². The first-order chi connectivity index (χ1) is 9.22. The summed E-state index contributed by atoms with van der Waals surface area (Å²) in [5.41, 5.74) is 1.77. The largest absolute Gasteiger partial charge is 0.396 e. The highest BCUT2D eigenvalue weighted by molar-refractivity contribution is 5.22. The van der Waals surface area contributed by atoms with E-state index in [1.807, 2.05) is 0 Å². The van der Waals surface area contributed by atoms with Crippen molar-refractivity contribution in [2.24, 2.45) is 35.5 Å². The molecule has 1 heteroatoms. The normalized spacial score (nSPS) is 46.8. The van der Waals surface area contributed by atoms with Gasteiger partial charge in [0.25, 0.3) is 0 Å². The molecule has 0 radical (unpaired) electrons. The van der Waals surface area contributed by atoms with Gasteiger partial charge in [-0.05, 0) is 61.2 Å². The van der Waals surface area contributed by atoms with E-state index in [2.05, 4.69) is 19.9 Å². The van der Waals surface area contributed by atoms with E-state index in [1.165, 1.54) is 44.9 Å². The molecule has 0 amide bonds. The monoisotopic (exact) mass is 262 g/mol. The Bertz CT molecular complexity index is 346. The number of fused-ring (bicyclic) bond motifs is 1. The third kappa shape index (κ3) is 2.39. The standard InChI is InChI=1S/C18H30O/c1-12-7-8-13(2)18-15(12)9-10-17(18)16-6-4-3-5-14(16)11-19/h10,12-16,18-19H,3-9,11H2,1-2H3. The molecule has 0 saturated heterocycles. The third-order valence-electron chi connectivity index (χ3n) is 6.46. The third-order valence-corrected chi connectivity index (χ3v) is 6.46. The lowest BCUT2D eigenvalue weighted by atomic mass is 9.63. The number of rotatable bonds is 2. The molecule has 3 rings (SSSR count). The topological polar surface area (TPSA) is 20.2 Å². The number of aliphatic hydroxyl groups excluding tert-OH is 1. The first-order valence-corrected chi connectivity index (χ1v) is 8.53. The Morgan fingerprint density at radius 3 is 2.58 bits per heavy atom. The Hall–Kier alpha value is -0.300. The molecule has 0 spiro atoms. The molecular weight excluding hydrogens is 232 g/mol. The fraction of sp³-hybridized carbons (Fsp3) is 0.889. The molecule has 1 nitrogen and oxygen atoms in total. The molecule has 3 aliphatic carbocycles. The van der Waals surface area contributed by atoms with Crippen LogP contribution in [0.1, 0.15) is 58.8 Å². The predicted molar refractivity (Wildman–Crippen MR) is 79.8 cm³/mol. The van der Waals surface area contributed by atoms with Gasteiger partial charge in [0.1, 0.15) is 0 Å². The molecule has 0 aliphatic heterocycles. The van der Waals surface area contributed by atoms with Crippen molar-refractivity contribution in [2.45, 2.75) is 58.8 Å². The van der Waals surface area contributed by atoms with Crippen molar-refractivity contribution in [3.63, 3.8) is 0 Å². The van der Waals surface area contributed by atoms with Gasteiger partial charge in [0.2, 0.25) is 0 Å². The molecule has 0 aromatic carbocycles. The fourth-order valence-corrected chi connectivity index (χ4v) is 5.32. The first-order valence-electron chi connectivity index (χ1n) is 8.53. The van der Waals surface area contributed by atoms with E-state index in [0.717, 1.165) is 23.7 Å². The summed E-state index contributed by atoms with van der Waals surface area (Å²) in [5, 5.41) is 9.71. The second-order valence-electron chi connectivity index (χ2n) is 7.49. The Morgan fingerprint density at radius 1 is 1.05 bits per heavy atom. The average molecular weight is 262 g/mol. The summed E-state index contributed by atoms with van der Waals surface area (Å²) >= 11 is 0. The molecule has 2 saturated carbocycles. The molecular formula is C18H30O. The van der Waals surface area contributed by atoms with Crippen molar-refractivity contribution < 1.29 is 5.11 Å². The van der Waals surface area contributed by atoms with Gasteiger partial charge in [-0.15, -0.1) is 0 Å². The van der Waals surface area contributed by atoms with E-state index in [-0.39, 0.29) is 0 Å². The van der Waals surface area contributed by atoms with Crippen molar-refractivity contribution in [1.82, 2.24) is 0 Å². The van der Waals surface area contributed by atoms with E-state index in [9.17, 15) is 5.11 Å². The van der Waals surface area contributed by atoms with Crippen LogP contribution in [0.3, 0.4) is 0 Å². The Morgan fingerprint density at radius 2 is 1.79 bits per heavy atom. The molecule has 0 bridgehead atoms. The molecule has 2 fully saturated rings. The summed E-state index contributed by atoms with van der Waals surface area (Å²) in [7, 11) is 0. The van der Waals surface area contributed by atoms with Gasteiger partial charge in [-0.3, -0.25) is 0 Å². The van der Waals surface area contributed by atoms with Crippen molar-refractivity contribution in [3.8, 4) is 0 Å². The fourth-order valence-electron chi connectivity index (χ4n) is 5.32. The van der Waals surface area contributed by atoms with Gasteiger partial charge in [0.05, 0.1) is 0 Å². The number of hydrogen-bond acceptors (Lipinski definition) is 1. The molecule has 3 aliphatic rings. The summed E-state index contributed by atoms with van der Waals surface area (Å²) < 4.78 is 0. The maximum atomic E-state index is 9.71. The zero-order valence-corrected chi connectivity index (χ0v) is 12.6. The molecule has 1 N–H and O–H groups in total. The van der Waals surface area contributed by atoms with Crippen LogP contribution in [0.25, 0.3) is 0 Å². The number of allylic oxidation sites excluding steroid dienone is 2. The van der Waals surface area contributed by atoms with Gasteiger partial charge in [0.15, 0.2) is 0 Å². The van der Waals surface area contributed by atoms with Crippen LogP contribution in [0.5, 0.6) is 0 Å². The van der Waals surface area contributed by atoms with Crippen LogP contribution >= 0.6 is 0 Å². The SMILES string of the molecule is CC1CCC(C)C2C(C3CCCCC3CO)=CCC12.